The molecular formula is C14H17NO2. The Hall–Kier alpha value is -1.45. The Morgan fingerprint density at radius 1 is 1.29 bits per heavy atom. The Morgan fingerprint density at radius 2 is 2.12 bits per heavy atom. The number of aliphatic hydroxyl groups excluding tert-OH is 1. The van der Waals surface area contributed by atoms with E-state index in [1.54, 1.807) is 13.3 Å². The van der Waals surface area contributed by atoms with Crippen LogP contribution in [0, 0.1) is 0 Å². The summed E-state index contributed by atoms with van der Waals surface area (Å²) in [5.41, 5.74) is 1.83. The summed E-state index contributed by atoms with van der Waals surface area (Å²) in [4.78, 5) is 4.28. The lowest BCUT2D eigenvalue weighted by Crippen LogP contribution is -2.11. The average Bonchev–Trinajstić information content (AvgIpc) is 2.37. The number of methoxy groups -OCH3 is 1. The van der Waals surface area contributed by atoms with Gasteiger partial charge in [0.2, 0.25) is 0 Å². The first-order valence-corrected chi connectivity index (χ1v) is 5.77. The molecule has 2 aromatic rings. The van der Waals surface area contributed by atoms with Crippen molar-refractivity contribution in [3.63, 3.8) is 0 Å². The lowest BCUT2D eigenvalue weighted by atomic mass is 9.99. The molecule has 0 spiro atoms. The smallest absolute Gasteiger partial charge is 0.0821 e. The summed E-state index contributed by atoms with van der Waals surface area (Å²) in [5, 5.41) is 11.2. The molecule has 0 aliphatic heterocycles. The van der Waals surface area contributed by atoms with Crippen molar-refractivity contribution in [3.05, 3.63) is 42.1 Å². The lowest BCUT2D eigenvalue weighted by Gasteiger charge is -2.17. The van der Waals surface area contributed by atoms with Gasteiger partial charge in [-0.15, -0.1) is 0 Å². The lowest BCUT2D eigenvalue weighted by molar-refractivity contribution is 0.0565. The molecule has 0 aliphatic rings. The van der Waals surface area contributed by atoms with Crippen LogP contribution in [0.2, 0.25) is 0 Å². The quantitative estimate of drug-likeness (QED) is 0.879. The highest BCUT2D eigenvalue weighted by molar-refractivity contribution is 5.82. The molecule has 0 saturated carbocycles. The molecular weight excluding hydrogens is 214 g/mol. The first-order valence-electron chi connectivity index (χ1n) is 5.77. The van der Waals surface area contributed by atoms with Crippen LogP contribution in [-0.2, 0) is 4.74 Å². The third-order valence-corrected chi connectivity index (χ3v) is 3.00. The summed E-state index contributed by atoms with van der Waals surface area (Å²) in [7, 11) is 1.65. The summed E-state index contributed by atoms with van der Waals surface area (Å²) >= 11 is 0. The highest BCUT2D eigenvalue weighted by atomic mass is 16.5. The van der Waals surface area contributed by atoms with Crippen molar-refractivity contribution in [2.75, 3.05) is 7.11 Å². The van der Waals surface area contributed by atoms with E-state index in [0.29, 0.717) is 6.42 Å². The largest absolute Gasteiger partial charge is 0.388 e. The van der Waals surface area contributed by atoms with Crippen LogP contribution in [0.4, 0.5) is 0 Å². The van der Waals surface area contributed by atoms with Gasteiger partial charge in [-0.25, -0.2) is 0 Å². The molecule has 2 atom stereocenters. The number of fused-ring (bicyclic) bond motifs is 1. The van der Waals surface area contributed by atoms with Crippen LogP contribution in [0.3, 0.4) is 0 Å². The fourth-order valence-corrected chi connectivity index (χ4v) is 1.96. The van der Waals surface area contributed by atoms with Gasteiger partial charge < -0.3 is 9.84 Å². The van der Waals surface area contributed by atoms with Crippen molar-refractivity contribution < 1.29 is 9.84 Å². The van der Waals surface area contributed by atoms with Gasteiger partial charge in [-0.05, 0) is 24.6 Å². The van der Waals surface area contributed by atoms with Crippen LogP contribution in [0.25, 0.3) is 10.9 Å². The summed E-state index contributed by atoms with van der Waals surface area (Å²) in [5.74, 6) is 0. The van der Waals surface area contributed by atoms with E-state index in [4.69, 9.17) is 4.74 Å². The normalized spacial score (nSPS) is 14.8. The van der Waals surface area contributed by atoms with Gasteiger partial charge in [-0.2, -0.15) is 0 Å². The molecule has 17 heavy (non-hydrogen) atoms. The molecule has 2 rings (SSSR count). The van der Waals surface area contributed by atoms with E-state index in [1.807, 2.05) is 37.3 Å². The van der Waals surface area contributed by atoms with E-state index in [2.05, 4.69) is 4.98 Å². The monoisotopic (exact) mass is 231 g/mol. The number of rotatable bonds is 4. The zero-order valence-electron chi connectivity index (χ0n) is 10.1. The number of pyridine rings is 1. The Kier molecular flexibility index (Phi) is 3.71. The molecule has 1 aromatic heterocycles. The third-order valence-electron chi connectivity index (χ3n) is 3.00. The highest BCUT2D eigenvalue weighted by Crippen LogP contribution is 2.26. The van der Waals surface area contributed by atoms with Crippen LogP contribution in [-0.4, -0.2) is 23.3 Å². The van der Waals surface area contributed by atoms with Crippen LogP contribution in [0.5, 0.6) is 0 Å². The maximum absolute atomic E-state index is 10.2. The summed E-state index contributed by atoms with van der Waals surface area (Å²) in [6.07, 6.45) is 1.87. The number of nitrogens with zero attached hydrogens (tertiary/aromatic N) is 1. The molecule has 0 amide bonds. The minimum atomic E-state index is -0.516. The summed E-state index contributed by atoms with van der Waals surface area (Å²) in [6, 6.07) is 9.68. The minimum absolute atomic E-state index is 0.0388. The van der Waals surface area contributed by atoms with Gasteiger partial charge in [0.25, 0.3) is 0 Å². The van der Waals surface area contributed by atoms with Crippen LogP contribution in [0.1, 0.15) is 25.0 Å². The van der Waals surface area contributed by atoms with Crippen LogP contribution in [0.15, 0.2) is 36.5 Å². The molecule has 3 nitrogen and oxygen atoms in total. The SMILES string of the molecule is COC(C)CC(O)c1cccc2ncccc12. The molecule has 90 valence electrons. The standard InChI is InChI=1S/C14H17NO2/c1-10(17-2)9-14(16)12-5-3-7-13-11(12)6-4-8-15-13/h3-8,10,14,16H,9H2,1-2H3. The number of hydrogen-bond donors (Lipinski definition) is 1. The molecule has 0 aliphatic carbocycles. The Labute approximate surface area is 101 Å². The van der Waals surface area contributed by atoms with Gasteiger partial charge in [-0.1, -0.05) is 18.2 Å². The maximum Gasteiger partial charge on any atom is 0.0821 e. The number of hydrogen-bond acceptors (Lipinski definition) is 3. The Bertz CT molecular complexity index is 493. The number of aromatic nitrogens is 1. The first-order chi connectivity index (χ1) is 8.22. The topological polar surface area (TPSA) is 42.4 Å². The predicted molar refractivity (Wildman–Crippen MR) is 67.8 cm³/mol. The van der Waals surface area contributed by atoms with Crippen molar-refractivity contribution in [1.29, 1.82) is 0 Å². The van der Waals surface area contributed by atoms with Gasteiger partial charge in [0.05, 0.1) is 17.7 Å². The number of ether oxygens (including phenoxy) is 1. The fourth-order valence-electron chi connectivity index (χ4n) is 1.96. The van der Waals surface area contributed by atoms with Crippen LogP contribution >= 0.6 is 0 Å². The fraction of sp³-hybridized carbons (Fsp3) is 0.357. The molecule has 1 N–H and O–H groups in total. The molecule has 0 fully saturated rings. The second kappa shape index (κ2) is 5.25. The molecule has 1 aromatic carbocycles. The maximum atomic E-state index is 10.2. The van der Waals surface area contributed by atoms with Gasteiger partial charge in [-0.3, -0.25) is 4.98 Å². The predicted octanol–water partition coefficient (Wildman–Crippen LogP) is 2.69. The molecule has 3 heteroatoms. The molecule has 2 unspecified atom stereocenters. The van der Waals surface area contributed by atoms with Crippen molar-refractivity contribution in [2.24, 2.45) is 0 Å². The van der Waals surface area contributed by atoms with Crippen molar-refractivity contribution >= 4 is 10.9 Å². The van der Waals surface area contributed by atoms with Gasteiger partial charge in [0, 0.05) is 25.1 Å². The number of benzene rings is 1. The van der Waals surface area contributed by atoms with Crippen molar-refractivity contribution in [3.8, 4) is 0 Å². The number of aliphatic hydroxyl groups is 1. The zero-order valence-corrected chi connectivity index (χ0v) is 10.1. The zero-order chi connectivity index (χ0) is 12.3. The molecule has 0 saturated heterocycles. The van der Waals surface area contributed by atoms with E-state index in [9.17, 15) is 5.11 Å². The Morgan fingerprint density at radius 3 is 2.88 bits per heavy atom. The van der Waals surface area contributed by atoms with Crippen molar-refractivity contribution in [1.82, 2.24) is 4.98 Å². The minimum Gasteiger partial charge on any atom is -0.388 e. The first kappa shape index (κ1) is 12.0. The van der Waals surface area contributed by atoms with Gasteiger partial charge in [0.1, 0.15) is 0 Å². The second-order valence-corrected chi connectivity index (χ2v) is 4.22. The summed E-state index contributed by atoms with van der Waals surface area (Å²) < 4.78 is 5.18. The van der Waals surface area contributed by atoms with E-state index in [-0.39, 0.29) is 6.10 Å². The molecule has 1 heterocycles. The highest BCUT2D eigenvalue weighted by Gasteiger charge is 2.14. The van der Waals surface area contributed by atoms with Gasteiger partial charge in [0.15, 0.2) is 0 Å². The van der Waals surface area contributed by atoms with E-state index >= 15 is 0 Å². The third kappa shape index (κ3) is 2.62. The van der Waals surface area contributed by atoms with Crippen LogP contribution < -0.4 is 0 Å². The van der Waals surface area contributed by atoms with E-state index in [0.717, 1.165) is 16.5 Å². The van der Waals surface area contributed by atoms with Crippen molar-refractivity contribution in [2.45, 2.75) is 25.6 Å². The average molecular weight is 231 g/mol. The van der Waals surface area contributed by atoms with E-state index < -0.39 is 6.10 Å². The van der Waals surface area contributed by atoms with Gasteiger partial charge >= 0.3 is 0 Å². The second-order valence-electron chi connectivity index (χ2n) is 4.22. The molecule has 0 bridgehead atoms. The van der Waals surface area contributed by atoms with E-state index in [1.165, 1.54) is 0 Å². The Balaban J connectivity index is 2.34. The molecule has 0 radical (unpaired) electrons. The summed E-state index contributed by atoms with van der Waals surface area (Å²) in [6.45, 7) is 1.95.